The number of carboxylic acid groups (broad SMARTS) is 1. The number of hydrogen-bond acceptors (Lipinski definition) is 4. The minimum atomic E-state index is -1.82. The van der Waals surface area contributed by atoms with E-state index in [1.807, 2.05) is 6.08 Å². The number of carbonyl (C=O) groups is 3. The Morgan fingerprint density at radius 2 is 1.52 bits per heavy atom. The molecule has 2 bridgehead atoms. The maximum Gasteiger partial charge on any atom is 0.332 e. The fourth-order valence-electron chi connectivity index (χ4n) is 4.91. The fourth-order valence-corrected chi connectivity index (χ4v) is 4.91. The molecule has 0 aromatic rings. The second-order valence-corrected chi connectivity index (χ2v) is 9.49. The molecule has 25 heavy (non-hydrogen) atoms. The van der Waals surface area contributed by atoms with E-state index in [1.165, 1.54) is 0 Å². The number of rotatable bonds is 3. The Kier molecular flexibility index (Phi) is 4.92. The van der Waals surface area contributed by atoms with E-state index in [1.54, 1.807) is 41.5 Å². The third-order valence-corrected chi connectivity index (χ3v) is 5.95. The summed E-state index contributed by atoms with van der Waals surface area (Å²) in [6.07, 6.45) is 6.82. The average molecular weight is 350 g/mol. The van der Waals surface area contributed by atoms with Crippen molar-refractivity contribution in [2.75, 3.05) is 0 Å². The van der Waals surface area contributed by atoms with Crippen molar-refractivity contribution in [3.63, 3.8) is 0 Å². The third kappa shape index (κ3) is 3.13. The fraction of sp³-hybridized carbons (Fsp3) is 0.750. The topological polar surface area (TPSA) is 80.7 Å². The molecule has 0 aromatic heterocycles. The predicted molar refractivity (Wildman–Crippen MR) is 93.5 cm³/mol. The quantitative estimate of drug-likeness (QED) is 0.475. The van der Waals surface area contributed by atoms with Crippen molar-refractivity contribution in [2.24, 2.45) is 34.0 Å². The molecule has 5 nitrogen and oxygen atoms in total. The van der Waals surface area contributed by atoms with Gasteiger partial charge in [-0.25, -0.2) is 0 Å². The molecule has 0 heterocycles. The average Bonchev–Trinajstić information content (AvgIpc) is 2.45. The highest BCUT2D eigenvalue weighted by atomic mass is 16.6. The number of carbonyl (C=O) groups excluding carboxylic acids is 2. The third-order valence-electron chi connectivity index (χ3n) is 5.95. The van der Waals surface area contributed by atoms with Gasteiger partial charge in [0, 0.05) is 0 Å². The summed E-state index contributed by atoms with van der Waals surface area (Å²) in [7, 11) is 0. The van der Waals surface area contributed by atoms with Crippen LogP contribution in [-0.4, -0.2) is 23.0 Å². The van der Waals surface area contributed by atoms with Gasteiger partial charge in [0.05, 0.1) is 5.92 Å². The van der Waals surface area contributed by atoms with Gasteiger partial charge in [0.15, 0.2) is 5.41 Å². The molecule has 0 spiro atoms. The van der Waals surface area contributed by atoms with Crippen LogP contribution in [0.15, 0.2) is 12.2 Å². The summed E-state index contributed by atoms with van der Waals surface area (Å²) in [5.41, 5.74) is -3.65. The second kappa shape index (κ2) is 6.26. The zero-order valence-corrected chi connectivity index (χ0v) is 16.1. The molecule has 3 rings (SSSR count). The maximum absolute atomic E-state index is 13.0. The van der Waals surface area contributed by atoms with Crippen molar-refractivity contribution in [3.8, 4) is 0 Å². The van der Waals surface area contributed by atoms with Gasteiger partial charge in [-0.15, -0.1) is 0 Å². The lowest BCUT2D eigenvalue weighted by atomic mass is 9.54. The largest absolute Gasteiger partial charge is 0.480 e. The zero-order valence-electron chi connectivity index (χ0n) is 16.1. The van der Waals surface area contributed by atoms with Crippen molar-refractivity contribution < 1.29 is 24.2 Å². The highest BCUT2D eigenvalue weighted by Crippen LogP contribution is 2.53. The molecule has 5 heteroatoms. The van der Waals surface area contributed by atoms with Crippen LogP contribution in [-0.2, 0) is 19.1 Å². The van der Waals surface area contributed by atoms with E-state index < -0.39 is 34.2 Å². The zero-order chi connectivity index (χ0) is 19.2. The van der Waals surface area contributed by atoms with E-state index >= 15 is 0 Å². The van der Waals surface area contributed by atoms with Crippen LogP contribution < -0.4 is 0 Å². The SMILES string of the molecule is CC(C)(C)C(C(=O)O)(C(=O)OC(=O)C1CC2C=CC1CC2)C(C)(C)C. The monoisotopic (exact) mass is 350 g/mol. The van der Waals surface area contributed by atoms with E-state index in [0.29, 0.717) is 12.3 Å². The van der Waals surface area contributed by atoms with Gasteiger partial charge in [0.1, 0.15) is 0 Å². The number of fused-ring (bicyclic) bond motifs is 2. The van der Waals surface area contributed by atoms with Gasteiger partial charge in [-0.05, 0) is 41.9 Å². The molecule has 1 saturated carbocycles. The van der Waals surface area contributed by atoms with Crippen LogP contribution in [0.4, 0.5) is 0 Å². The summed E-state index contributed by atoms with van der Waals surface area (Å²) >= 11 is 0. The Morgan fingerprint density at radius 3 is 1.84 bits per heavy atom. The molecule has 3 atom stereocenters. The van der Waals surface area contributed by atoms with Crippen molar-refractivity contribution in [1.82, 2.24) is 0 Å². The van der Waals surface area contributed by atoms with E-state index in [2.05, 4.69) is 6.08 Å². The van der Waals surface area contributed by atoms with Crippen molar-refractivity contribution in [2.45, 2.75) is 60.8 Å². The molecular weight excluding hydrogens is 320 g/mol. The molecule has 0 radical (unpaired) electrons. The number of hydrogen-bond donors (Lipinski definition) is 1. The molecule has 1 fully saturated rings. The van der Waals surface area contributed by atoms with E-state index in [9.17, 15) is 19.5 Å². The van der Waals surface area contributed by atoms with Gasteiger partial charge in [-0.1, -0.05) is 53.7 Å². The molecule has 3 aliphatic carbocycles. The smallest absolute Gasteiger partial charge is 0.332 e. The first-order chi connectivity index (χ1) is 11.3. The molecule has 0 aliphatic heterocycles. The Morgan fingerprint density at radius 1 is 0.960 bits per heavy atom. The minimum Gasteiger partial charge on any atom is -0.480 e. The first kappa shape index (κ1) is 19.7. The van der Waals surface area contributed by atoms with Crippen LogP contribution in [0.1, 0.15) is 60.8 Å². The molecule has 0 saturated heterocycles. The number of aliphatic carboxylic acids is 1. The molecular formula is C20H30O5. The molecule has 1 N–H and O–H groups in total. The lowest BCUT2D eigenvalue weighted by Gasteiger charge is -2.47. The minimum absolute atomic E-state index is 0.0915. The van der Waals surface area contributed by atoms with Gasteiger partial charge < -0.3 is 9.84 Å². The predicted octanol–water partition coefficient (Wildman–Crippen LogP) is 3.82. The molecule has 3 unspecified atom stereocenters. The Bertz CT molecular complexity index is 589. The number of carboxylic acids is 1. The summed E-state index contributed by atoms with van der Waals surface area (Å²) in [4.78, 5) is 37.9. The standard InChI is InChI=1S/C20H30O5/c1-18(2,3)20(16(22)23,19(4,5)6)17(24)25-15(21)14-11-12-7-9-13(14)10-8-12/h7,9,12-14H,8,10-11H2,1-6H3,(H,22,23). The number of allylic oxidation sites excluding steroid dienone is 2. The second-order valence-electron chi connectivity index (χ2n) is 9.49. The Hall–Kier alpha value is -1.65. The molecule has 0 aromatic carbocycles. The first-order valence-corrected chi connectivity index (χ1v) is 9.00. The van der Waals surface area contributed by atoms with Crippen molar-refractivity contribution >= 4 is 17.9 Å². The Balaban J connectivity index is 2.30. The normalized spacial score (nSPS) is 26.4. The summed E-state index contributed by atoms with van der Waals surface area (Å²) < 4.78 is 5.23. The highest BCUT2D eigenvalue weighted by Gasteiger charge is 2.64. The van der Waals surface area contributed by atoms with Gasteiger partial charge in [0.2, 0.25) is 0 Å². The summed E-state index contributed by atoms with van der Waals surface area (Å²) in [5, 5.41) is 9.97. The van der Waals surface area contributed by atoms with Crippen LogP contribution in [0.2, 0.25) is 0 Å². The maximum atomic E-state index is 13.0. The number of esters is 2. The summed E-state index contributed by atoms with van der Waals surface area (Å²) in [6.45, 7) is 10.2. The van der Waals surface area contributed by atoms with Gasteiger partial charge in [-0.2, -0.15) is 0 Å². The van der Waals surface area contributed by atoms with Crippen LogP contribution in [0.5, 0.6) is 0 Å². The molecule has 3 aliphatic rings. The van der Waals surface area contributed by atoms with Gasteiger partial charge >= 0.3 is 17.9 Å². The van der Waals surface area contributed by atoms with Crippen LogP contribution in [0.25, 0.3) is 0 Å². The Labute approximate surface area is 149 Å². The van der Waals surface area contributed by atoms with E-state index in [0.717, 1.165) is 12.8 Å². The van der Waals surface area contributed by atoms with Crippen LogP contribution in [0.3, 0.4) is 0 Å². The van der Waals surface area contributed by atoms with Gasteiger partial charge in [-0.3, -0.25) is 14.4 Å². The van der Waals surface area contributed by atoms with E-state index in [4.69, 9.17) is 4.74 Å². The van der Waals surface area contributed by atoms with Crippen LogP contribution in [0, 0.1) is 34.0 Å². The lowest BCUT2D eigenvalue weighted by Crippen LogP contribution is -2.59. The summed E-state index contributed by atoms with van der Waals surface area (Å²) in [5.74, 6) is -2.69. The van der Waals surface area contributed by atoms with Gasteiger partial charge in [0.25, 0.3) is 0 Å². The number of ether oxygens (including phenoxy) is 1. The van der Waals surface area contributed by atoms with E-state index in [-0.39, 0.29) is 11.8 Å². The molecule has 0 amide bonds. The lowest BCUT2D eigenvalue weighted by molar-refractivity contribution is -0.194. The first-order valence-electron chi connectivity index (χ1n) is 9.00. The van der Waals surface area contributed by atoms with Crippen molar-refractivity contribution in [1.29, 1.82) is 0 Å². The summed E-state index contributed by atoms with van der Waals surface area (Å²) in [6, 6.07) is 0. The highest BCUT2D eigenvalue weighted by molar-refractivity contribution is 6.04. The van der Waals surface area contributed by atoms with Crippen LogP contribution >= 0.6 is 0 Å². The van der Waals surface area contributed by atoms with Crippen molar-refractivity contribution in [3.05, 3.63) is 12.2 Å². The molecule has 140 valence electrons.